The molecule has 4 aromatic rings. The fourth-order valence-corrected chi connectivity index (χ4v) is 3.67. The molecular formula is C25H25N3O3. The molecule has 0 aliphatic rings. The average molecular weight is 415 g/mol. The van der Waals surface area contributed by atoms with Crippen LogP contribution in [0.4, 0.5) is 0 Å². The van der Waals surface area contributed by atoms with Crippen LogP contribution < -0.4 is 4.74 Å². The second-order valence-corrected chi connectivity index (χ2v) is 7.66. The summed E-state index contributed by atoms with van der Waals surface area (Å²) < 4.78 is 8.04. The number of aryl methyl sites for hydroxylation is 3. The van der Waals surface area contributed by atoms with Crippen LogP contribution in [-0.4, -0.2) is 25.6 Å². The first-order chi connectivity index (χ1) is 14.9. The van der Waals surface area contributed by atoms with Crippen LogP contribution >= 0.6 is 0 Å². The lowest BCUT2D eigenvalue weighted by atomic mass is 10.1. The van der Waals surface area contributed by atoms with E-state index in [4.69, 9.17) is 19.8 Å². The maximum absolute atomic E-state index is 10.9. The fourth-order valence-electron chi connectivity index (χ4n) is 3.67. The maximum atomic E-state index is 10.9. The van der Waals surface area contributed by atoms with E-state index in [9.17, 15) is 4.79 Å². The normalized spacial score (nSPS) is 11.1. The summed E-state index contributed by atoms with van der Waals surface area (Å²) in [6.07, 6.45) is 0.844. The van der Waals surface area contributed by atoms with Gasteiger partial charge in [0.1, 0.15) is 23.7 Å². The monoisotopic (exact) mass is 415 g/mol. The molecule has 31 heavy (non-hydrogen) atoms. The number of rotatable bonds is 7. The van der Waals surface area contributed by atoms with Gasteiger partial charge in [-0.2, -0.15) is 0 Å². The summed E-state index contributed by atoms with van der Waals surface area (Å²) in [5.41, 5.74) is 6.38. The number of nitrogens with zero attached hydrogens (tertiary/aromatic N) is 3. The van der Waals surface area contributed by atoms with Crippen molar-refractivity contribution in [3.05, 3.63) is 88.4 Å². The van der Waals surface area contributed by atoms with E-state index in [-0.39, 0.29) is 5.56 Å². The molecule has 4 rings (SSSR count). The maximum Gasteiger partial charge on any atom is 0.335 e. The van der Waals surface area contributed by atoms with E-state index in [2.05, 4.69) is 36.6 Å². The molecule has 6 heteroatoms. The van der Waals surface area contributed by atoms with Crippen LogP contribution in [0.15, 0.2) is 54.6 Å². The molecule has 0 fully saturated rings. The largest absolute Gasteiger partial charge is 0.489 e. The highest BCUT2D eigenvalue weighted by molar-refractivity contribution is 5.87. The summed E-state index contributed by atoms with van der Waals surface area (Å²) in [4.78, 5) is 20.5. The number of fused-ring (bicyclic) bond motifs is 1. The topological polar surface area (TPSA) is 77.2 Å². The Kier molecular flexibility index (Phi) is 5.71. The van der Waals surface area contributed by atoms with Gasteiger partial charge in [-0.3, -0.25) is 0 Å². The molecule has 0 amide bonds. The Hall–Kier alpha value is -3.67. The van der Waals surface area contributed by atoms with Gasteiger partial charge in [0.25, 0.3) is 0 Å². The SMILES string of the molecule is CCc1nc2c(C)cc(C)nc2n1Cc1ccc(OCc2ccc(C(=O)O)cc2)cc1. The number of carboxylic acid groups (broad SMARTS) is 1. The molecule has 0 aliphatic carbocycles. The van der Waals surface area contributed by atoms with Gasteiger partial charge >= 0.3 is 5.97 Å². The molecule has 0 aliphatic heterocycles. The highest BCUT2D eigenvalue weighted by atomic mass is 16.5. The lowest BCUT2D eigenvalue weighted by Crippen LogP contribution is -2.06. The number of aromatic carboxylic acids is 1. The van der Waals surface area contributed by atoms with Crippen LogP contribution in [-0.2, 0) is 19.6 Å². The van der Waals surface area contributed by atoms with Crippen LogP contribution in [0.1, 0.15) is 45.5 Å². The molecule has 158 valence electrons. The van der Waals surface area contributed by atoms with E-state index in [0.29, 0.717) is 13.2 Å². The van der Waals surface area contributed by atoms with Crippen molar-refractivity contribution in [2.45, 2.75) is 40.3 Å². The summed E-state index contributed by atoms with van der Waals surface area (Å²) in [5.74, 6) is 0.865. The van der Waals surface area contributed by atoms with E-state index >= 15 is 0 Å². The minimum absolute atomic E-state index is 0.270. The van der Waals surface area contributed by atoms with Gasteiger partial charge in [0.2, 0.25) is 0 Å². The molecule has 0 unspecified atom stereocenters. The van der Waals surface area contributed by atoms with Crippen molar-refractivity contribution in [3.8, 4) is 5.75 Å². The Labute approximate surface area is 181 Å². The zero-order chi connectivity index (χ0) is 22.0. The number of hydrogen-bond acceptors (Lipinski definition) is 4. The van der Waals surface area contributed by atoms with Crippen molar-refractivity contribution in [2.24, 2.45) is 0 Å². The quantitative estimate of drug-likeness (QED) is 0.463. The molecule has 2 aromatic heterocycles. The third kappa shape index (κ3) is 4.43. The molecule has 0 saturated heterocycles. The number of ether oxygens (including phenoxy) is 1. The van der Waals surface area contributed by atoms with Crippen molar-refractivity contribution in [2.75, 3.05) is 0 Å². The Bertz CT molecular complexity index is 1230. The first-order valence-corrected chi connectivity index (χ1v) is 10.3. The average Bonchev–Trinajstić information content (AvgIpc) is 3.11. The highest BCUT2D eigenvalue weighted by Crippen LogP contribution is 2.22. The molecule has 0 saturated carbocycles. The van der Waals surface area contributed by atoms with Crippen LogP contribution in [0.3, 0.4) is 0 Å². The second-order valence-electron chi connectivity index (χ2n) is 7.66. The standard InChI is InChI=1S/C25H25N3O3/c1-4-22-27-23-16(2)13-17(3)26-24(23)28(22)14-18-7-11-21(12-8-18)31-15-19-5-9-20(10-6-19)25(29)30/h5-13H,4,14-15H2,1-3H3,(H,29,30). The van der Waals surface area contributed by atoms with E-state index in [1.54, 1.807) is 24.3 Å². The first-order valence-electron chi connectivity index (χ1n) is 10.3. The summed E-state index contributed by atoms with van der Waals surface area (Å²) in [7, 11) is 0. The predicted octanol–water partition coefficient (Wildman–Crippen LogP) is 4.94. The number of carbonyl (C=O) groups is 1. The molecule has 0 bridgehead atoms. The molecule has 2 heterocycles. The van der Waals surface area contributed by atoms with Gasteiger partial charge in [-0.1, -0.05) is 31.2 Å². The van der Waals surface area contributed by atoms with Crippen molar-refractivity contribution >= 4 is 17.1 Å². The minimum Gasteiger partial charge on any atom is -0.489 e. The number of aromatic nitrogens is 3. The first kappa shape index (κ1) is 20.6. The molecular weight excluding hydrogens is 390 g/mol. The van der Waals surface area contributed by atoms with Gasteiger partial charge in [0, 0.05) is 12.1 Å². The molecule has 0 radical (unpaired) electrons. The molecule has 6 nitrogen and oxygen atoms in total. The number of hydrogen-bond donors (Lipinski definition) is 1. The Morgan fingerprint density at radius 2 is 1.68 bits per heavy atom. The number of imidazole rings is 1. The molecule has 0 spiro atoms. The number of pyridine rings is 1. The molecule has 2 aromatic carbocycles. The Morgan fingerprint density at radius 3 is 2.32 bits per heavy atom. The van der Waals surface area contributed by atoms with Gasteiger partial charge in [-0.05, 0) is 60.9 Å². The number of carboxylic acids is 1. The third-order valence-corrected chi connectivity index (χ3v) is 5.29. The van der Waals surface area contributed by atoms with Crippen LogP contribution in [0.25, 0.3) is 11.2 Å². The third-order valence-electron chi connectivity index (χ3n) is 5.29. The zero-order valence-corrected chi connectivity index (χ0v) is 17.9. The highest BCUT2D eigenvalue weighted by Gasteiger charge is 2.13. The number of benzene rings is 2. The summed E-state index contributed by atoms with van der Waals surface area (Å²) in [6.45, 7) is 7.28. The van der Waals surface area contributed by atoms with E-state index in [0.717, 1.165) is 51.5 Å². The van der Waals surface area contributed by atoms with Gasteiger partial charge in [0.05, 0.1) is 12.1 Å². The summed E-state index contributed by atoms with van der Waals surface area (Å²) in [6, 6.07) is 16.8. The smallest absolute Gasteiger partial charge is 0.335 e. The van der Waals surface area contributed by atoms with Crippen LogP contribution in [0.2, 0.25) is 0 Å². The van der Waals surface area contributed by atoms with Crippen molar-refractivity contribution < 1.29 is 14.6 Å². The van der Waals surface area contributed by atoms with Crippen molar-refractivity contribution in [3.63, 3.8) is 0 Å². The van der Waals surface area contributed by atoms with E-state index < -0.39 is 5.97 Å². The fraction of sp³-hybridized carbons (Fsp3) is 0.240. The lowest BCUT2D eigenvalue weighted by Gasteiger charge is -2.10. The van der Waals surface area contributed by atoms with Gasteiger partial charge in [-0.15, -0.1) is 0 Å². The van der Waals surface area contributed by atoms with Crippen LogP contribution in [0, 0.1) is 13.8 Å². The Morgan fingerprint density at radius 1 is 1.00 bits per heavy atom. The molecule has 0 atom stereocenters. The predicted molar refractivity (Wildman–Crippen MR) is 120 cm³/mol. The second kappa shape index (κ2) is 8.60. The van der Waals surface area contributed by atoms with E-state index in [1.807, 2.05) is 19.1 Å². The van der Waals surface area contributed by atoms with Crippen LogP contribution in [0.5, 0.6) is 5.75 Å². The minimum atomic E-state index is -0.930. The van der Waals surface area contributed by atoms with Gasteiger partial charge in [0.15, 0.2) is 5.65 Å². The summed E-state index contributed by atoms with van der Waals surface area (Å²) in [5, 5.41) is 8.98. The van der Waals surface area contributed by atoms with Gasteiger partial charge < -0.3 is 14.4 Å². The zero-order valence-electron chi connectivity index (χ0n) is 17.9. The van der Waals surface area contributed by atoms with Crippen molar-refractivity contribution in [1.82, 2.24) is 14.5 Å². The van der Waals surface area contributed by atoms with Crippen molar-refractivity contribution in [1.29, 1.82) is 0 Å². The molecule has 1 N–H and O–H groups in total. The summed E-state index contributed by atoms with van der Waals surface area (Å²) >= 11 is 0. The lowest BCUT2D eigenvalue weighted by molar-refractivity contribution is 0.0697. The van der Waals surface area contributed by atoms with E-state index in [1.165, 1.54) is 0 Å². The Balaban J connectivity index is 1.48. The van der Waals surface area contributed by atoms with Gasteiger partial charge in [-0.25, -0.2) is 14.8 Å².